The predicted molar refractivity (Wildman–Crippen MR) is 145 cm³/mol. The first kappa shape index (κ1) is 28.6. The summed E-state index contributed by atoms with van der Waals surface area (Å²) in [4.78, 5) is 4.62. The molecule has 3 rings (SSSR count). The summed E-state index contributed by atoms with van der Waals surface area (Å²) in [5, 5.41) is 0. The van der Waals surface area contributed by atoms with Gasteiger partial charge in [-0.05, 0) is 43.2 Å². The highest BCUT2D eigenvalue weighted by Crippen LogP contribution is 2.29. The zero-order valence-corrected chi connectivity index (χ0v) is 22.4. The van der Waals surface area contributed by atoms with Crippen molar-refractivity contribution in [3.8, 4) is 17.0 Å². The number of aromatic nitrogens is 1. The van der Waals surface area contributed by atoms with Gasteiger partial charge in [-0.25, -0.2) is 4.39 Å². The van der Waals surface area contributed by atoms with Crippen molar-refractivity contribution in [2.24, 2.45) is 5.92 Å². The molecule has 200 valence electrons. The number of ether oxygens (including phenoxy) is 3. The van der Waals surface area contributed by atoms with Crippen LogP contribution in [0, 0.1) is 5.92 Å². The van der Waals surface area contributed by atoms with E-state index >= 15 is 0 Å². The van der Waals surface area contributed by atoms with Gasteiger partial charge in [0, 0.05) is 23.2 Å². The third-order valence-corrected chi connectivity index (χ3v) is 6.94. The number of halogens is 1. The Hall–Kier alpha value is -1.98. The van der Waals surface area contributed by atoms with Crippen molar-refractivity contribution in [3.63, 3.8) is 0 Å². The molecule has 2 aromatic rings. The Labute approximate surface area is 218 Å². The summed E-state index contributed by atoms with van der Waals surface area (Å²) in [6.45, 7) is 6.03. The van der Waals surface area contributed by atoms with Crippen LogP contribution in [0.2, 0.25) is 0 Å². The number of nitrogens with zero attached hydrogens (tertiary/aromatic N) is 1. The van der Waals surface area contributed by atoms with E-state index < -0.39 is 6.17 Å². The number of rotatable bonds is 17. The van der Waals surface area contributed by atoms with Gasteiger partial charge in [0.25, 0.3) is 0 Å². The maximum absolute atomic E-state index is 14.0. The lowest BCUT2D eigenvalue weighted by Crippen LogP contribution is -2.27. The molecular weight excluding hydrogens is 453 g/mol. The van der Waals surface area contributed by atoms with E-state index in [-0.39, 0.29) is 12.9 Å². The Morgan fingerprint density at radius 1 is 0.861 bits per heavy atom. The lowest BCUT2D eigenvalue weighted by atomic mass is 10.0. The summed E-state index contributed by atoms with van der Waals surface area (Å²) < 4.78 is 31.7. The van der Waals surface area contributed by atoms with E-state index in [1.807, 2.05) is 42.6 Å². The second kappa shape index (κ2) is 16.7. The second-order valence-corrected chi connectivity index (χ2v) is 10.2. The van der Waals surface area contributed by atoms with E-state index in [4.69, 9.17) is 14.2 Å². The summed E-state index contributed by atoms with van der Waals surface area (Å²) in [7, 11) is 0. The highest BCUT2D eigenvalue weighted by Gasteiger charge is 2.23. The normalized spacial score (nSPS) is 18.8. The minimum atomic E-state index is -0.911. The molecular formula is C31H46FNO3. The quantitative estimate of drug-likeness (QED) is 0.204. The number of hydrogen-bond donors (Lipinski definition) is 0. The fourth-order valence-electron chi connectivity index (χ4n) is 4.62. The Bertz CT molecular complexity index is 819. The maximum atomic E-state index is 14.0. The van der Waals surface area contributed by atoms with Crippen molar-refractivity contribution in [2.45, 2.75) is 103 Å². The van der Waals surface area contributed by atoms with Crippen molar-refractivity contribution in [3.05, 3.63) is 48.2 Å². The van der Waals surface area contributed by atoms with E-state index in [1.165, 1.54) is 57.8 Å². The van der Waals surface area contributed by atoms with E-state index in [2.05, 4.69) is 18.8 Å². The molecule has 36 heavy (non-hydrogen) atoms. The van der Waals surface area contributed by atoms with E-state index in [0.29, 0.717) is 18.1 Å². The molecule has 0 radical (unpaired) electrons. The smallest absolute Gasteiger partial charge is 0.185 e. The van der Waals surface area contributed by atoms with Gasteiger partial charge in [0.15, 0.2) is 6.29 Å². The summed E-state index contributed by atoms with van der Waals surface area (Å²) in [5.74, 6) is 1.18. The summed E-state index contributed by atoms with van der Waals surface area (Å²) >= 11 is 0. The van der Waals surface area contributed by atoms with E-state index in [9.17, 15) is 4.39 Å². The van der Waals surface area contributed by atoms with Gasteiger partial charge in [-0.15, -0.1) is 0 Å². The average Bonchev–Trinajstić information content (AvgIpc) is 2.93. The van der Waals surface area contributed by atoms with Gasteiger partial charge in [0.05, 0.1) is 18.9 Å². The standard InChI is InChI=1S/C31H46FNO3/c1-3-5-7-9-10-11-13-25-22-35-31(36-23-25)27-17-20-30(33-21-27)26-15-18-29(19-16-26)34-24-28(32)14-12-8-6-4-2/h15-21,25,28,31H,3-14,22-24H2,1-2H3/t25?,28-,31?/m1/s1. The Morgan fingerprint density at radius 3 is 2.19 bits per heavy atom. The molecule has 1 aliphatic rings. The molecule has 4 nitrogen and oxygen atoms in total. The van der Waals surface area contributed by atoms with Crippen molar-refractivity contribution >= 4 is 0 Å². The predicted octanol–water partition coefficient (Wildman–Crippen LogP) is 8.85. The van der Waals surface area contributed by atoms with Gasteiger partial charge < -0.3 is 14.2 Å². The summed E-state index contributed by atoms with van der Waals surface area (Å²) in [6, 6.07) is 11.7. The van der Waals surface area contributed by atoms with Crippen LogP contribution in [0.3, 0.4) is 0 Å². The van der Waals surface area contributed by atoms with Gasteiger partial charge in [-0.2, -0.15) is 0 Å². The number of pyridine rings is 1. The van der Waals surface area contributed by atoms with Crippen molar-refractivity contribution < 1.29 is 18.6 Å². The molecule has 5 heteroatoms. The van der Waals surface area contributed by atoms with Crippen molar-refractivity contribution in [1.82, 2.24) is 4.98 Å². The van der Waals surface area contributed by atoms with Gasteiger partial charge in [0.1, 0.15) is 18.5 Å². The summed E-state index contributed by atoms with van der Waals surface area (Å²) in [6.07, 6.45) is 14.6. The van der Waals surface area contributed by atoms with Crippen LogP contribution in [0.4, 0.5) is 4.39 Å². The molecule has 0 bridgehead atoms. The zero-order valence-electron chi connectivity index (χ0n) is 22.4. The van der Waals surface area contributed by atoms with Gasteiger partial charge in [-0.1, -0.05) is 84.1 Å². The fraction of sp³-hybridized carbons (Fsp3) is 0.645. The Kier molecular flexibility index (Phi) is 13.3. The minimum Gasteiger partial charge on any atom is -0.491 e. The fourth-order valence-corrected chi connectivity index (χ4v) is 4.62. The van der Waals surface area contributed by atoms with Gasteiger partial charge in [0.2, 0.25) is 0 Å². The molecule has 1 fully saturated rings. The van der Waals surface area contributed by atoms with Crippen molar-refractivity contribution in [2.75, 3.05) is 19.8 Å². The highest BCUT2D eigenvalue weighted by molar-refractivity contribution is 5.60. The van der Waals surface area contributed by atoms with Crippen molar-refractivity contribution in [1.29, 1.82) is 0 Å². The lowest BCUT2D eigenvalue weighted by Gasteiger charge is -2.29. The van der Waals surface area contributed by atoms with Gasteiger partial charge >= 0.3 is 0 Å². The topological polar surface area (TPSA) is 40.6 Å². The van der Waals surface area contributed by atoms with Crippen LogP contribution in [0.15, 0.2) is 42.6 Å². The van der Waals surface area contributed by atoms with E-state index in [0.717, 1.165) is 42.9 Å². The molecule has 0 amide bonds. The van der Waals surface area contributed by atoms with Crippen LogP contribution in [0.5, 0.6) is 5.75 Å². The molecule has 0 saturated carbocycles. The third-order valence-electron chi connectivity index (χ3n) is 6.94. The number of alkyl halides is 1. The maximum Gasteiger partial charge on any atom is 0.185 e. The molecule has 1 aliphatic heterocycles. The molecule has 1 atom stereocenters. The highest BCUT2D eigenvalue weighted by atomic mass is 19.1. The van der Waals surface area contributed by atoms with Crippen LogP contribution < -0.4 is 4.74 Å². The van der Waals surface area contributed by atoms with E-state index in [1.54, 1.807) is 0 Å². The van der Waals surface area contributed by atoms with Crippen LogP contribution in [0.1, 0.15) is 103 Å². The number of benzene rings is 1. The van der Waals surface area contributed by atoms with Crippen LogP contribution in [0.25, 0.3) is 11.3 Å². The molecule has 0 unspecified atom stereocenters. The zero-order chi connectivity index (χ0) is 25.4. The first-order valence-electron chi connectivity index (χ1n) is 14.3. The van der Waals surface area contributed by atoms with Crippen LogP contribution in [-0.4, -0.2) is 31.0 Å². The molecule has 1 aromatic heterocycles. The Morgan fingerprint density at radius 2 is 1.53 bits per heavy atom. The molecule has 0 spiro atoms. The SMILES string of the molecule is CCCCCCCCC1COC(c2ccc(-c3ccc(OC[C@H](F)CCCCCC)cc3)nc2)OC1. The first-order chi connectivity index (χ1) is 17.7. The summed E-state index contributed by atoms with van der Waals surface area (Å²) in [5.41, 5.74) is 2.82. The van der Waals surface area contributed by atoms with Crippen LogP contribution >= 0.6 is 0 Å². The number of unbranched alkanes of at least 4 members (excludes halogenated alkanes) is 8. The first-order valence-corrected chi connectivity index (χ1v) is 14.3. The Balaban J connectivity index is 1.37. The largest absolute Gasteiger partial charge is 0.491 e. The number of hydrogen-bond acceptors (Lipinski definition) is 4. The minimum absolute atomic E-state index is 0.111. The molecule has 1 aromatic carbocycles. The van der Waals surface area contributed by atoms with Crippen LogP contribution in [-0.2, 0) is 9.47 Å². The second-order valence-electron chi connectivity index (χ2n) is 10.2. The lowest BCUT2D eigenvalue weighted by molar-refractivity contribution is -0.206. The molecule has 0 aliphatic carbocycles. The molecule has 2 heterocycles. The third kappa shape index (κ3) is 10.2. The molecule has 1 saturated heterocycles. The van der Waals surface area contributed by atoms with Gasteiger partial charge in [-0.3, -0.25) is 4.98 Å². The monoisotopic (exact) mass is 499 g/mol. The average molecular weight is 500 g/mol. The molecule has 0 N–H and O–H groups in total.